The third-order valence-electron chi connectivity index (χ3n) is 4.77. The monoisotopic (exact) mass is 426 g/mol. The van der Waals surface area contributed by atoms with Gasteiger partial charge in [0.05, 0.1) is 22.6 Å². The highest BCUT2D eigenvalue weighted by atomic mass is 16.2. The molecule has 8 heteroatoms. The maximum Gasteiger partial charge on any atom is 0.274 e. The fourth-order valence-corrected chi connectivity index (χ4v) is 3.34. The molecule has 160 valence electrons. The maximum absolute atomic E-state index is 13.5. The van der Waals surface area contributed by atoms with Crippen LogP contribution < -0.4 is 16.6 Å². The number of nitrogens with two attached hydrogens (primary N) is 1. The molecular formula is C24H22N6O2. The molecule has 0 saturated heterocycles. The minimum absolute atomic E-state index is 0. The Labute approximate surface area is 185 Å². The minimum Gasteiger partial charge on any atom is -0.382 e. The van der Waals surface area contributed by atoms with Gasteiger partial charge in [0.25, 0.3) is 11.5 Å². The van der Waals surface area contributed by atoms with E-state index in [1.54, 1.807) is 37.3 Å². The van der Waals surface area contributed by atoms with Crippen molar-refractivity contribution in [1.82, 2.24) is 24.8 Å². The Morgan fingerprint density at radius 3 is 2.53 bits per heavy atom. The molecule has 4 rings (SSSR count). The molecule has 4 aromatic rings. The summed E-state index contributed by atoms with van der Waals surface area (Å²) in [5, 5.41) is 3.14. The first-order valence-electron chi connectivity index (χ1n) is 9.46. The number of hydrogen-bond acceptors (Lipinski definition) is 6. The van der Waals surface area contributed by atoms with Gasteiger partial charge < -0.3 is 11.1 Å². The van der Waals surface area contributed by atoms with E-state index in [0.29, 0.717) is 28.0 Å². The molecule has 1 atom stereocenters. The summed E-state index contributed by atoms with van der Waals surface area (Å²) in [6.07, 6.45) is 8.39. The fourth-order valence-electron chi connectivity index (χ4n) is 3.34. The number of terminal acetylenes is 1. The van der Waals surface area contributed by atoms with Crippen LogP contribution in [0.2, 0.25) is 0 Å². The van der Waals surface area contributed by atoms with Gasteiger partial charge in [-0.1, -0.05) is 37.6 Å². The largest absolute Gasteiger partial charge is 0.382 e. The molecule has 2 aromatic carbocycles. The van der Waals surface area contributed by atoms with Crippen molar-refractivity contribution in [2.24, 2.45) is 0 Å². The number of aromatic nitrogens is 4. The first-order valence-corrected chi connectivity index (χ1v) is 9.46. The summed E-state index contributed by atoms with van der Waals surface area (Å²) in [6, 6.07) is 13.5. The Morgan fingerprint density at radius 1 is 1.12 bits per heavy atom. The van der Waals surface area contributed by atoms with Crippen molar-refractivity contribution in [1.29, 1.82) is 0 Å². The first-order chi connectivity index (χ1) is 15.0. The van der Waals surface area contributed by atoms with Crippen LogP contribution >= 0.6 is 0 Å². The smallest absolute Gasteiger partial charge is 0.274 e. The number of amides is 1. The second-order valence-electron chi connectivity index (χ2n) is 6.78. The van der Waals surface area contributed by atoms with Crippen LogP contribution in [0.25, 0.3) is 16.6 Å². The van der Waals surface area contributed by atoms with Gasteiger partial charge in [0.15, 0.2) is 11.5 Å². The van der Waals surface area contributed by atoms with Crippen LogP contribution in [-0.4, -0.2) is 25.4 Å². The average molecular weight is 426 g/mol. The molecule has 2 heterocycles. The predicted octanol–water partition coefficient (Wildman–Crippen LogP) is 2.87. The summed E-state index contributed by atoms with van der Waals surface area (Å²) < 4.78 is 1.45. The van der Waals surface area contributed by atoms with Gasteiger partial charge in [-0.05, 0) is 31.2 Å². The van der Waals surface area contributed by atoms with Crippen LogP contribution in [0.1, 0.15) is 42.3 Å². The van der Waals surface area contributed by atoms with Crippen LogP contribution in [0.5, 0.6) is 0 Å². The topological polar surface area (TPSA) is 116 Å². The molecule has 0 saturated carbocycles. The van der Waals surface area contributed by atoms with E-state index in [0.717, 1.165) is 0 Å². The van der Waals surface area contributed by atoms with Crippen molar-refractivity contribution in [3.05, 3.63) is 88.4 Å². The molecule has 1 unspecified atom stereocenters. The molecule has 0 aliphatic heterocycles. The SMILES string of the molecule is C.C#Cc1cccc2nc(C(C)NC(=O)c3nccnc3N)n(-c3ccccc3)c(=O)c12. The normalized spacial score (nSPS) is 11.2. The molecule has 32 heavy (non-hydrogen) atoms. The van der Waals surface area contributed by atoms with Gasteiger partial charge in [-0.2, -0.15) is 0 Å². The number of fused-ring (bicyclic) bond motifs is 1. The third-order valence-corrected chi connectivity index (χ3v) is 4.77. The number of carbonyl (C=O) groups is 1. The van der Waals surface area contributed by atoms with Gasteiger partial charge >= 0.3 is 0 Å². The number of rotatable bonds is 4. The lowest BCUT2D eigenvalue weighted by atomic mass is 10.1. The number of anilines is 1. The number of nitrogen functional groups attached to an aromatic ring is 1. The van der Waals surface area contributed by atoms with E-state index in [-0.39, 0.29) is 24.5 Å². The van der Waals surface area contributed by atoms with Crippen molar-refractivity contribution in [3.8, 4) is 18.0 Å². The lowest BCUT2D eigenvalue weighted by molar-refractivity contribution is 0.0933. The van der Waals surface area contributed by atoms with Crippen molar-refractivity contribution in [2.45, 2.75) is 20.4 Å². The Balaban J connectivity index is 0.00000289. The van der Waals surface area contributed by atoms with Crippen LogP contribution in [-0.2, 0) is 0 Å². The predicted molar refractivity (Wildman–Crippen MR) is 124 cm³/mol. The molecule has 0 radical (unpaired) electrons. The number of nitrogens with zero attached hydrogens (tertiary/aromatic N) is 4. The Hall–Kier alpha value is -4.51. The Kier molecular flexibility index (Phi) is 6.31. The van der Waals surface area contributed by atoms with E-state index >= 15 is 0 Å². The van der Waals surface area contributed by atoms with Crippen LogP contribution in [0.15, 0.2) is 65.7 Å². The number of nitrogens with one attached hydrogen (secondary N) is 1. The first kappa shape index (κ1) is 22.2. The van der Waals surface area contributed by atoms with Gasteiger partial charge in [0.1, 0.15) is 5.82 Å². The average Bonchev–Trinajstić information content (AvgIpc) is 2.79. The van der Waals surface area contributed by atoms with Gasteiger partial charge in [0.2, 0.25) is 0 Å². The van der Waals surface area contributed by atoms with E-state index in [9.17, 15) is 9.59 Å². The maximum atomic E-state index is 13.5. The molecule has 0 aliphatic rings. The lowest BCUT2D eigenvalue weighted by Gasteiger charge is -2.20. The van der Waals surface area contributed by atoms with Crippen molar-refractivity contribution < 1.29 is 4.79 Å². The third kappa shape index (κ3) is 3.91. The van der Waals surface area contributed by atoms with Crippen molar-refractivity contribution in [3.63, 3.8) is 0 Å². The van der Waals surface area contributed by atoms with Gasteiger partial charge in [-0.15, -0.1) is 6.42 Å². The highest BCUT2D eigenvalue weighted by molar-refractivity contribution is 5.96. The van der Waals surface area contributed by atoms with Crippen LogP contribution in [0.4, 0.5) is 5.82 Å². The summed E-state index contributed by atoms with van der Waals surface area (Å²) in [5.74, 6) is 2.38. The standard InChI is InChI=1S/C23H18N6O2.CH4/c1-3-15-8-7-11-17-18(15)23(31)29(16-9-5-4-6-10-16)21(28-17)14(2)27-22(30)19-20(24)26-13-12-25-19;/h1,4-14H,2H3,(H2,24,26)(H,27,30);1H4. The molecule has 2 aromatic heterocycles. The highest BCUT2D eigenvalue weighted by Gasteiger charge is 2.22. The summed E-state index contributed by atoms with van der Waals surface area (Å²) in [5.41, 5.74) is 6.94. The van der Waals surface area contributed by atoms with Crippen LogP contribution in [0, 0.1) is 12.3 Å². The molecule has 1 amide bonds. The molecule has 0 aliphatic carbocycles. The number of carbonyl (C=O) groups excluding carboxylic acids is 1. The Morgan fingerprint density at radius 2 is 1.84 bits per heavy atom. The summed E-state index contributed by atoms with van der Waals surface area (Å²) in [6.45, 7) is 1.72. The zero-order valence-electron chi connectivity index (χ0n) is 16.6. The van der Waals surface area contributed by atoms with Gasteiger partial charge in [0, 0.05) is 18.0 Å². The van der Waals surface area contributed by atoms with E-state index in [2.05, 4.69) is 26.2 Å². The zero-order chi connectivity index (χ0) is 22.0. The molecule has 0 spiro atoms. The van der Waals surface area contributed by atoms with Crippen LogP contribution in [0.3, 0.4) is 0 Å². The molecular weight excluding hydrogens is 404 g/mol. The molecule has 8 nitrogen and oxygen atoms in total. The van der Waals surface area contributed by atoms with Gasteiger partial charge in [-0.3, -0.25) is 14.2 Å². The Bertz CT molecular complexity index is 1390. The molecule has 3 N–H and O–H groups in total. The van der Waals surface area contributed by atoms with E-state index in [1.807, 2.05) is 18.2 Å². The van der Waals surface area contributed by atoms with E-state index in [1.165, 1.54) is 17.0 Å². The summed E-state index contributed by atoms with van der Waals surface area (Å²) in [4.78, 5) is 38.8. The summed E-state index contributed by atoms with van der Waals surface area (Å²) in [7, 11) is 0. The summed E-state index contributed by atoms with van der Waals surface area (Å²) >= 11 is 0. The van der Waals surface area contributed by atoms with Crippen molar-refractivity contribution >= 4 is 22.6 Å². The highest BCUT2D eigenvalue weighted by Crippen LogP contribution is 2.20. The number of hydrogen-bond donors (Lipinski definition) is 2. The fraction of sp³-hybridized carbons (Fsp3) is 0.125. The number of benzene rings is 2. The van der Waals surface area contributed by atoms with E-state index in [4.69, 9.17) is 12.2 Å². The van der Waals surface area contributed by atoms with E-state index < -0.39 is 11.9 Å². The second-order valence-corrected chi connectivity index (χ2v) is 6.78. The van der Waals surface area contributed by atoms with Gasteiger partial charge in [-0.25, -0.2) is 15.0 Å². The number of para-hydroxylation sites is 1. The second kappa shape index (κ2) is 9.10. The lowest BCUT2D eigenvalue weighted by Crippen LogP contribution is -2.34. The quantitative estimate of drug-likeness (QED) is 0.485. The minimum atomic E-state index is -0.652. The zero-order valence-corrected chi connectivity index (χ0v) is 16.6. The van der Waals surface area contributed by atoms with Crippen molar-refractivity contribution in [2.75, 3.05) is 5.73 Å². The molecule has 0 fully saturated rings. The molecule has 0 bridgehead atoms.